The summed E-state index contributed by atoms with van der Waals surface area (Å²) in [6.45, 7) is 0. The molecule has 4 aliphatic rings. The first kappa shape index (κ1) is 73.4. The minimum Gasteiger partial charge on any atom is -0.744 e. The Bertz CT molecular complexity index is 7040. The van der Waals surface area contributed by atoms with Crippen molar-refractivity contribution in [3.8, 4) is 91.1 Å². The van der Waals surface area contributed by atoms with E-state index in [9.17, 15) is 77.8 Å². The van der Waals surface area contributed by atoms with Crippen molar-refractivity contribution in [1.82, 2.24) is 79.7 Å². The van der Waals surface area contributed by atoms with Crippen LogP contribution in [0.3, 0.4) is 0 Å². The summed E-state index contributed by atoms with van der Waals surface area (Å²) in [5.41, 5.74) is 3.24. The van der Waals surface area contributed by atoms with Crippen LogP contribution < -0.4 is 0 Å². The smallest absolute Gasteiger partial charge is 0.744 e. The first-order valence-corrected chi connectivity index (χ1v) is 38.2. The Morgan fingerprint density at radius 3 is 0.589 bits per heavy atom. The van der Waals surface area contributed by atoms with Crippen LogP contribution in [-0.2, 0) is 111 Å². The zero-order valence-corrected chi connectivity index (χ0v) is 60.2. The third-order valence-corrected chi connectivity index (χ3v) is 22.9. The molecule has 0 spiro atoms. The van der Waals surface area contributed by atoms with Crippen LogP contribution in [0.15, 0.2) is 187 Å². The number of nitrogens with one attached hydrogen (secondary N) is 4. The van der Waals surface area contributed by atoms with Crippen LogP contribution in [-0.4, -0.2) is 158 Å². The molecule has 4 N–H and O–H groups in total. The van der Waals surface area contributed by atoms with Crippen molar-refractivity contribution >= 4 is 149 Å². The fourth-order valence-electron chi connectivity index (χ4n) is 12.8. The zero-order chi connectivity index (χ0) is 72.6. The summed E-state index contributed by atoms with van der Waals surface area (Å²) in [4.78, 5) is 56.3. The van der Waals surface area contributed by atoms with Crippen molar-refractivity contribution in [2.24, 2.45) is 0 Å². The van der Waals surface area contributed by atoms with Crippen molar-refractivity contribution in [3.63, 3.8) is 0 Å². The van der Waals surface area contributed by atoms with E-state index in [0.717, 1.165) is 0 Å². The number of hydrogen-bond donors (Lipinski definition) is 4. The maximum Gasteiger partial charge on any atom is 2.00 e. The molecular weight excluding hydrogens is 1650 g/mol. The van der Waals surface area contributed by atoms with Crippen LogP contribution in [0.1, 0.15) is 0 Å². The molecule has 0 saturated carbocycles. The Kier molecular flexibility index (Phi) is 17.7. The van der Waals surface area contributed by atoms with Gasteiger partial charge >= 0.3 is 50.3 Å². The number of H-pyrrole nitrogens is 4. The Balaban J connectivity index is 0.000000175. The molecule has 8 aromatic carbocycles. The molecule has 0 unspecified atom stereocenters. The maximum atomic E-state index is 12.9. The molecule has 6 aromatic heterocycles. The predicted octanol–water partition coefficient (Wildman–Crippen LogP) is 7.16. The maximum absolute atomic E-state index is 12.9. The molecule has 0 saturated heterocycles. The minimum absolute atomic E-state index is 0. The molecule has 0 amide bonds. The molecule has 34 nitrogen and oxygen atoms in total. The van der Waals surface area contributed by atoms with E-state index in [4.69, 9.17) is 19.9 Å². The predicted molar refractivity (Wildman–Crippen MR) is 360 cm³/mol. The quantitative estimate of drug-likeness (QED) is 0.120. The molecule has 4 aliphatic heterocycles. The van der Waals surface area contributed by atoms with E-state index in [1.54, 1.807) is 97.1 Å². The number of nitrogens with zero attached hydrogens (tertiary/aromatic N) is 12. The van der Waals surface area contributed by atoms with Gasteiger partial charge in [-0.25, -0.2) is 110 Å². The van der Waals surface area contributed by atoms with E-state index >= 15 is 0 Å². The summed E-state index contributed by atoms with van der Waals surface area (Å²) in [5.74, 6) is 0.410. The van der Waals surface area contributed by atoms with Crippen molar-refractivity contribution in [2.45, 2.75) is 29.4 Å². The summed E-state index contributed by atoms with van der Waals surface area (Å²) >= 11 is 0. The topological polar surface area (TPSA) is 561 Å². The molecule has 0 aliphatic carbocycles. The summed E-state index contributed by atoms with van der Waals surface area (Å²) in [7, 11) is -36.1. The summed E-state index contributed by atoms with van der Waals surface area (Å²) in [6.07, 6.45) is 0. The standard InChI is InChI=1S/2C32H18N8O9S3.3Co/c2*41-50(42,43)21-13-20-22(24(52(47,48)49)23(21)51(44,45)46)32-39-30-19-12-6-5-11-18(19)28(37-30)35-26-15-8-2-1-7-14(15)25(33-26)34-27-16-9-3-4-10-17(16)29(36-27)38-31(20)40-32;;;/h2*1-13H,(H,41,42,43)(H,44,45,46)(H,47,48,49)(H2,33,34,35,36,37,38,39,40);;;/q;;3*+2/p-6. The fraction of sp³-hybridized carbons (Fsp3) is 0. The van der Waals surface area contributed by atoms with E-state index in [2.05, 4.69) is 59.8 Å². The Labute approximate surface area is 630 Å². The monoisotopic (exact) mass is 1680 g/mol. The van der Waals surface area contributed by atoms with Crippen molar-refractivity contribution in [3.05, 3.63) is 158 Å². The largest absolute Gasteiger partial charge is 2.00 e. The number of aromatic nitrogens is 16. The van der Waals surface area contributed by atoms with Gasteiger partial charge in [-0.3, -0.25) is 0 Å². The fourth-order valence-corrected chi connectivity index (χ4v) is 19.4. The molecule has 16 bridgehead atoms. The second kappa shape index (κ2) is 25.9. The second-order valence-electron chi connectivity index (χ2n) is 23.1. The number of aromatic amines is 4. The number of rotatable bonds is 6. The average Bonchev–Trinajstić information content (AvgIpc) is 1.68. The molecule has 43 heteroatoms. The third kappa shape index (κ3) is 12.4. The van der Waals surface area contributed by atoms with Gasteiger partial charge in [0.05, 0.1) is 29.4 Å². The molecule has 0 atom stereocenters. The van der Waals surface area contributed by atoms with Crippen LogP contribution in [0.4, 0.5) is 0 Å². The van der Waals surface area contributed by atoms with Gasteiger partial charge in [0.1, 0.15) is 106 Å². The minimum atomic E-state index is -6.11. The van der Waals surface area contributed by atoms with E-state index in [-0.39, 0.29) is 96.9 Å². The van der Waals surface area contributed by atoms with Crippen LogP contribution in [0.2, 0.25) is 0 Å². The van der Waals surface area contributed by atoms with E-state index in [1.807, 2.05) is 48.5 Å². The summed E-state index contributed by atoms with van der Waals surface area (Å²) < 4.78 is 226. The van der Waals surface area contributed by atoms with Crippen LogP contribution >= 0.6 is 0 Å². The second-order valence-corrected chi connectivity index (χ2v) is 31.1. The van der Waals surface area contributed by atoms with E-state index in [0.29, 0.717) is 101 Å². The molecule has 107 heavy (non-hydrogen) atoms. The number of hydrogen-bond acceptors (Lipinski definition) is 30. The van der Waals surface area contributed by atoms with Gasteiger partial charge in [0.25, 0.3) is 0 Å². The van der Waals surface area contributed by atoms with Gasteiger partial charge in [0.2, 0.25) is 0 Å². The van der Waals surface area contributed by atoms with Gasteiger partial charge in [-0.05, 0) is 12.1 Å². The normalized spacial score (nSPS) is 12.6. The van der Waals surface area contributed by atoms with Gasteiger partial charge in [-0.15, -0.1) is 0 Å². The van der Waals surface area contributed by atoms with Gasteiger partial charge in [0.15, 0.2) is 46.6 Å². The Hall–Kier alpha value is -10.5. The molecule has 537 valence electrons. The van der Waals surface area contributed by atoms with E-state index < -0.39 is 134 Å². The third-order valence-electron chi connectivity index (χ3n) is 17.0. The molecule has 0 fully saturated rings. The van der Waals surface area contributed by atoms with E-state index in [1.165, 1.54) is 0 Å². The van der Waals surface area contributed by atoms with Gasteiger partial charge in [-0.2, -0.15) is 0 Å². The number of fused-ring (bicyclic) bond motifs is 40. The average molecular weight is 1680 g/mol. The van der Waals surface area contributed by atoms with Gasteiger partial charge in [0, 0.05) is 87.6 Å². The van der Waals surface area contributed by atoms with Gasteiger partial charge < -0.3 is 47.3 Å². The SMILES string of the molecule is O=S(=O)([O-])c1cc2c3nc4nc(nc5[nH]c(nc6nc(nc([nH]3)c2c(S(=O)(=O)[O-])c1S(=O)(=O)[O-])-c1ccccc1-6)c1ccccc51)-c1ccccc1-4.O=S(=O)([O-])c1cc2c3nc4nc(nc5[nH]c(nc6nc(nc([nH]3)c2c(S(=O)(=O)[O-])c1S(=O)(=O)[O-])-c1ccccc1-6)c1ccccc51)-c1ccccc1-4.[Co+2].[Co+2].[Co+2]. The molecule has 10 heterocycles. The van der Waals surface area contributed by atoms with Crippen molar-refractivity contribution in [2.75, 3.05) is 0 Å². The first-order valence-electron chi connectivity index (χ1n) is 29.7. The van der Waals surface area contributed by atoms with Crippen LogP contribution in [0.25, 0.3) is 179 Å². The summed E-state index contributed by atoms with van der Waals surface area (Å²) in [5, 5.41) is 0.0401. The van der Waals surface area contributed by atoms with Crippen LogP contribution in [0, 0.1) is 0 Å². The molecule has 14 aromatic rings. The Morgan fingerprint density at radius 2 is 0.393 bits per heavy atom. The number of benzene rings is 8. The Morgan fingerprint density at radius 1 is 0.215 bits per heavy atom. The van der Waals surface area contributed by atoms with Gasteiger partial charge in [-0.1, -0.05) is 146 Å². The molecular formula is C64H30Co3N16O18S6. The zero-order valence-electron chi connectivity index (χ0n) is 52.2. The first-order chi connectivity index (χ1) is 49.3. The molecule has 3 radical (unpaired) electrons. The summed E-state index contributed by atoms with van der Waals surface area (Å²) in [6, 6.07) is 42.5. The van der Waals surface area contributed by atoms with Crippen LogP contribution in [0.5, 0.6) is 0 Å². The van der Waals surface area contributed by atoms with Crippen molar-refractivity contribution in [1.29, 1.82) is 0 Å². The molecule has 18 rings (SSSR count). The van der Waals surface area contributed by atoms with Crippen molar-refractivity contribution < 1.29 is 128 Å².